The monoisotopic (exact) mass is 195 g/mol. The first-order valence-electron chi connectivity index (χ1n) is 4.26. The third-order valence-corrected chi connectivity index (χ3v) is 1.83. The molecule has 1 saturated heterocycles. The molecule has 14 heavy (non-hydrogen) atoms. The van der Waals surface area contributed by atoms with Gasteiger partial charge in [-0.05, 0) is 0 Å². The lowest BCUT2D eigenvalue weighted by molar-refractivity contribution is -0.159. The summed E-state index contributed by atoms with van der Waals surface area (Å²) in [5.74, 6) is -1.07. The summed E-state index contributed by atoms with van der Waals surface area (Å²) in [7, 11) is 0. The maximum atomic E-state index is 11.4. The van der Waals surface area contributed by atoms with Crippen LogP contribution in [0.15, 0.2) is 25.3 Å². The third kappa shape index (κ3) is 2.00. The van der Waals surface area contributed by atoms with Gasteiger partial charge in [0.1, 0.15) is 0 Å². The van der Waals surface area contributed by atoms with E-state index in [4.69, 9.17) is 0 Å². The number of carbonyl (C=O) groups is 2. The molecule has 0 saturated carbocycles. The number of nitrogens with zero attached hydrogens (tertiary/aromatic N) is 2. The minimum atomic E-state index is -0.557. The van der Waals surface area contributed by atoms with Crippen LogP contribution in [0.25, 0.3) is 0 Å². The van der Waals surface area contributed by atoms with E-state index in [1.165, 1.54) is 9.91 Å². The summed E-state index contributed by atoms with van der Waals surface area (Å²) in [5.41, 5.74) is 2.80. The Hall–Kier alpha value is -1.62. The molecular formula is C9H13N3O2. The molecule has 0 spiro atoms. The number of hydrazine groups is 1. The van der Waals surface area contributed by atoms with Gasteiger partial charge in [-0.3, -0.25) is 14.6 Å². The van der Waals surface area contributed by atoms with Crippen molar-refractivity contribution in [3.63, 3.8) is 0 Å². The summed E-state index contributed by atoms with van der Waals surface area (Å²) >= 11 is 0. The van der Waals surface area contributed by atoms with E-state index in [0.717, 1.165) is 0 Å². The van der Waals surface area contributed by atoms with Crippen LogP contribution in [0.5, 0.6) is 0 Å². The number of hydrogen-bond acceptors (Lipinski definition) is 3. The van der Waals surface area contributed by atoms with E-state index in [1.807, 2.05) is 0 Å². The molecule has 76 valence electrons. The fraction of sp³-hybridized carbons (Fsp3) is 0.333. The van der Waals surface area contributed by atoms with Crippen molar-refractivity contribution in [2.45, 2.75) is 0 Å². The summed E-state index contributed by atoms with van der Waals surface area (Å²) in [6.45, 7) is 8.03. The summed E-state index contributed by atoms with van der Waals surface area (Å²) < 4.78 is 0. The number of rotatable bonds is 4. The van der Waals surface area contributed by atoms with Crippen LogP contribution < -0.4 is 5.43 Å². The van der Waals surface area contributed by atoms with Gasteiger partial charge in [0.2, 0.25) is 0 Å². The van der Waals surface area contributed by atoms with Crippen molar-refractivity contribution in [2.75, 3.05) is 19.8 Å². The number of amides is 2. The van der Waals surface area contributed by atoms with Crippen LogP contribution in [0, 0.1) is 0 Å². The highest BCUT2D eigenvalue weighted by Gasteiger charge is 2.30. The van der Waals surface area contributed by atoms with Crippen molar-refractivity contribution >= 4 is 11.8 Å². The SMILES string of the molecule is C=CCN1CNN(CC=C)C(=O)C1=O. The Labute approximate surface area is 82.6 Å². The first-order chi connectivity index (χ1) is 6.70. The molecule has 0 aliphatic carbocycles. The van der Waals surface area contributed by atoms with E-state index >= 15 is 0 Å². The average Bonchev–Trinajstić information content (AvgIpc) is 2.18. The molecule has 1 heterocycles. The molecule has 1 aliphatic heterocycles. The van der Waals surface area contributed by atoms with Gasteiger partial charge >= 0.3 is 11.8 Å². The van der Waals surface area contributed by atoms with Gasteiger partial charge in [-0.2, -0.15) is 0 Å². The highest BCUT2D eigenvalue weighted by atomic mass is 16.2. The van der Waals surface area contributed by atoms with Gasteiger partial charge in [-0.1, -0.05) is 12.2 Å². The summed E-state index contributed by atoms with van der Waals surface area (Å²) in [6.07, 6.45) is 3.14. The second kappa shape index (κ2) is 4.57. The van der Waals surface area contributed by atoms with Crippen LogP contribution >= 0.6 is 0 Å². The largest absolute Gasteiger partial charge is 0.326 e. The van der Waals surface area contributed by atoms with Crippen LogP contribution in [0.1, 0.15) is 0 Å². The molecule has 1 N–H and O–H groups in total. The molecule has 2 amide bonds. The number of nitrogens with one attached hydrogen (secondary N) is 1. The zero-order valence-corrected chi connectivity index (χ0v) is 7.90. The first kappa shape index (κ1) is 10.5. The van der Waals surface area contributed by atoms with Crippen LogP contribution in [-0.2, 0) is 9.59 Å². The molecule has 1 rings (SSSR count). The lowest BCUT2D eigenvalue weighted by Gasteiger charge is -2.33. The number of hydrogen-bond donors (Lipinski definition) is 1. The molecule has 0 radical (unpaired) electrons. The molecule has 0 aromatic carbocycles. The van der Waals surface area contributed by atoms with E-state index in [-0.39, 0.29) is 0 Å². The minimum Gasteiger partial charge on any atom is -0.316 e. The zero-order chi connectivity index (χ0) is 10.6. The molecule has 0 bridgehead atoms. The molecule has 0 aromatic rings. The van der Waals surface area contributed by atoms with E-state index in [2.05, 4.69) is 18.6 Å². The highest BCUT2D eigenvalue weighted by Crippen LogP contribution is 2.00. The molecule has 1 fully saturated rings. The second-order valence-electron chi connectivity index (χ2n) is 2.84. The van der Waals surface area contributed by atoms with Crippen LogP contribution in [0.4, 0.5) is 0 Å². The first-order valence-corrected chi connectivity index (χ1v) is 4.26. The second-order valence-corrected chi connectivity index (χ2v) is 2.84. The topological polar surface area (TPSA) is 52.6 Å². The normalized spacial score (nSPS) is 17.1. The smallest absolute Gasteiger partial charge is 0.316 e. The summed E-state index contributed by atoms with van der Waals surface area (Å²) in [6, 6.07) is 0. The Morgan fingerprint density at radius 1 is 1.21 bits per heavy atom. The van der Waals surface area contributed by atoms with Crippen molar-refractivity contribution in [1.29, 1.82) is 0 Å². The summed E-state index contributed by atoms with van der Waals surface area (Å²) in [4.78, 5) is 24.2. The predicted molar refractivity (Wildman–Crippen MR) is 51.8 cm³/mol. The van der Waals surface area contributed by atoms with Gasteiger partial charge in [0.25, 0.3) is 0 Å². The Balaban J connectivity index is 2.64. The Morgan fingerprint density at radius 3 is 2.43 bits per heavy atom. The summed E-state index contributed by atoms with van der Waals surface area (Å²) in [5, 5.41) is 1.24. The molecule has 1 aliphatic rings. The quantitative estimate of drug-likeness (QED) is 0.485. The zero-order valence-electron chi connectivity index (χ0n) is 7.90. The van der Waals surface area contributed by atoms with Crippen molar-refractivity contribution < 1.29 is 9.59 Å². The van der Waals surface area contributed by atoms with E-state index in [1.54, 1.807) is 12.2 Å². The van der Waals surface area contributed by atoms with Gasteiger partial charge in [0.15, 0.2) is 0 Å². The van der Waals surface area contributed by atoms with E-state index in [9.17, 15) is 9.59 Å². The average molecular weight is 195 g/mol. The molecule has 0 aromatic heterocycles. The van der Waals surface area contributed by atoms with Gasteiger partial charge in [0, 0.05) is 6.54 Å². The van der Waals surface area contributed by atoms with Crippen LogP contribution in [0.2, 0.25) is 0 Å². The standard InChI is InChI=1S/C9H13N3O2/c1-3-5-11-7-10-12(6-4-2)9(14)8(11)13/h3-4,10H,1-2,5-7H2. The van der Waals surface area contributed by atoms with E-state index < -0.39 is 11.8 Å². The fourth-order valence-corrected chi connectivity index (χ4v) is 1.14. The van der Waals surface area contributed by atoms with Gasteiger partial charge < -0.3 is 4.90 Å². The van der Waals surface area contributed by atoms with Gasteiger partial charge in [-0.25, -0.2) is 5.43 Å². The maximum absolute atomic E-state index is 11.4. The van der Waals surface area contributed by atoms with Crippen molar-refractivity contribution in [1.82, 2.24) is 15.3 Å². The fourth-order valence-electron chi connectivity index (χ4n) is 1.14. The van der Waals surface area contributed by atoms with Crippen LogP contribution in [0.3, 0.4) is 0 Å². The molecular weight excluding hydrogens is 182 g/mol. The van der Waals surface area contributed by atoms with Gasteiger partial charge in [-0.15, -0.1) is 13.2 Å². The molecule has 0 unspecified atom stereocenters. The van der Waals surface area contributed by atoms with Gasteiger partial charge in [0.05, 0.1) is 13.2 Å². The van der Waals surface area contributed by atoms with E-state index in [0.29, 0.717) is 19.8 Å². The van der Waals surface area contributed by atoms with Crippen molar-refractivity contribution in [3.05, 3.63) is 25.3 Å². The minimum absolute atomic E-state index is 0.324. The number of carbonyl (C=O) groups excluding carboxylic acids is 2. The Bertz CT molecular complexity index is 247. The molecule has 5 nitrogen and oxygen atoms in total. The molecule has 0 atom stereocenters. The lowest BCUT2D eigenvalue weighted by atomic mass is 10.4. The third-order valence-electron chi connectivity index (χ3n) is 1.83. The predicted octanol–water partition coefficient (Wildman–Crippen LogP) is -0.509. The Morgan fingerprint density at radius 2 is 1.86 bits per heavy atom. The van der Waals surface area contributed by atoms with Crippen molar-refractivity contribution in [3.8, 4) is 0 Å². The Kier molecular flexibility index (Phi) is 3.41. The van der Waals surface area contributed by atoms with Crippen LogP contribution in [-0.4, -0.2) is 41.5 Å². The maximum Gasteiger partial charge on any atom is 0.326 e. The lowest BCUT2D eigenvalue weighted by Crippen LogP contribution is -2.60. The van der Waals surface area contributed by atoms with Crippen molar-refractivity contribution in [2.24, 2.45) is 0 Å². The highest BCUT2D eigenvalue weighted by molar-refractivity contribution is 6.35. The molecule has 5 heteroatoms.